The van der Waals surface area contributed by atoms with Gasteiger partial charge in [-0.25, -0.2) is 0 Å². The summed E-state index contributed by atoms with van der Waals surface area (Å²) >= 11 is 5.96. The van der Waals surface area contributed by atoms with Crippen LogP contribution in [0, 0.1) is 0 Å². The lowest BCUT2D eigenvalue weighted by Crippen LogP contribution is -2.26. The molecular weight excluding hydrogens is 242 g/mol. The van der Waals surface area contributed by atoms with E-state index in [9.17, 15) is 4.79 Å². The normalized spacial score (nSPS) is 10.8. The molecule has 0 saturated heterocycles. The Morgan fingerprint density at radius 2 is 2.41 bits per heavy atom. The maximum Gasteiger partial charge on any atom is 0.196 e. The van der Waals surface area contributed by atoms with E-state index in [0.717, 1.165) is 13.0 Å². The van der Waals surface area contributed by atoms with E-state index in [1.54, 1.807) is 11.8 Å². The molecule has 1 rings (SSSR count). The highest BCUT2D eigenvalue weighted by Gasteiger charge is 2.16. The number of nitrogens with zero attached hydrogens (tertiary/aromatic N) is 2. The monoisotopic (exact) mass is 259 g/mol. The van der Waals surface area contributed by atoms with Gasteiger partial charge in [0.2, 0.25) is 0 Å². The van der Waals surface area contributed by atoms with Gasteiger partial charge in [0.15, 0.2) is 5.78 Å². The molecule has 0 aliphatic carbocycles. The Morgan fingerprint density at radius 3 is 3.06 bits per heavy atom. The maximum absolute atomic E-state index is 11.9. The van der Waals surface area contributed by atoms with Gasteiger partial charge >= 0.3 is 0 Å². The number of carbonyl (C=O) groups excluding carboxylic acids is 1. The summed E-state index contributed by atoms with van der Waals surface area (Å²) < 4.78 is 6.54. The van der Waals surface area contributed by atoms with Crippen molar-refractivity contribution in [1.82, 2.24) is 15.1 Å². The number of ether oxygens (including phenoxy) is 1. The zero-order valence-electron chi connectivity index (χ0n) is 10.2. The Balaban J connectivity index is 2.66. The van der Waals surface area contributed by atoms with Gasteiger partial charge < -0.3 is 10.1 Å². The Kier molecular flexibility index (Phi) is 6.18. The van der Waals surface area contributed by atoms with E-state index in [0.29, 0.717) is 23.9 Å². The summed E-state index contributed by atoms with van der Waals surface area (Å²) in [7, 11) is 1.61. The molecule has 0 aliphatic rings. The smallest absolute Gasteiger partial charge is 0.196 e. The minimum absolute atomic E-state index is 0.0444. The van der Waals surface area contributed by atoms with Crippen LogP contribution in [0.25, 0.3) is 0 Å². The number of ketones is 1. The molecule has 0 radical (unpaired) electrons. The Labute approximate surface area is 106 Å². The van der Waals surface area contributed by atoms with Crippen LogP contribution in [0.2, 0.25) is 5.02 Å². The van der Waals surface area contributed by atoms with Gasteiger partial charge in [0.05, 0.1) is 30.9 Å². The van der Waals surface area contributed by atoms with Crippen LogP contribution >= 0.6 is 11.6 Å². The number of hydrogen-bond acceptors (Lipinski definition) is 4. The first-order chi connectivity index (χ1) is 8.20. The van der Waals surface area contributed by atoms with Gasteiger partial charge in [0.1, 0.15) is 5.69 Å². The fourth-order valence-corrected chi connectivity index (χ4v) is 1.70. The van der Waals surface area contributed by atoms with Crippen molar-refractivity contribution >= 4 is 17.4 Å². The van der Waals surface area contributed by atoms with Crippen LogP contribution in [0.15, 0.2) is 6.20 Å². The van der Waals surface area contributed by atoms with Crippen molar-refractivity contribution in [1.29, 1.82) is 0 Å². The van der Waals surface area contributed by atoms with Crippen LogP contribution in [0.3, 0.4) is 0 Å². The van der Waals surface area contributed by atoms with Crippen molar-refractivity contribution in [2.75, 3.05) is 26.8 Å². The topological polar surface area (TPSA) is 56.2 Å². The predicted octanol–water partition coefficient (Wildman–Crippen LogP) is 1.37. The molecule has 96 valence electrons. The van der Waals surface area contributed by atoms with Crippen molar-refractivity contribution in [2.24, 2.45) is 0 Å². The Hall–Kier alpha value is -0.910. The minimum atomic E-state index is -0.0444. The number of methoxy groups -OCH3 is 1. The van der Waals surface area contributed by atoms with Crippen LogP contribution in [0.5, 0.6) is 0 Å². The number of carbonyl (C=O) groups is 1. The molecule has 1 N–H and O–H groups in total. The van der Waals surface area contributed by atoms with Gasteiger partial charge in [-0.15, -0.1) is 0 Å². The number of rotatable bonds is 8. The molecule has 0 amide bonds. The number of Topliss-reactive ketones (excluding diaryl/α,β-unsaturated/α-hetero) is 1. The van der Waals surface area contributed by atoms with Gasteiger partial charge in [0.25, 0.3) is 0 Å². The quantitative estimate of drug-likeness (QED) is 0.566. The largest absolute Gasteiger partial charge is 0.383 e. The zero-order valence-corrected chi connectivity index (χ0v) is 11.0. The lowest BCUT2D eigenvalue weighted by atomic mass is 10.2. The summed E-state index contributed by atoms with van der Waals surface area (Å²) in [5, 5.41) is 7.50. The summed E-state index contributed by atoms with van der Waals surface area (Å²) in [5.74, 6) is -0.0444. The highest BCUT2D eigenvalue weighted by molar-refractivity contribution is 6.33. The van der Waals surface area contributed by atoms with Crippen LogP contribution in [-0.2, 0) is 11.3 Å². The molecule has 1 aromatic rings. The first-order valence-electron chi connectivity index (χ1n) is 5.64. The maximum atomic E-state index is 11.9. The summed E-state index contributed by atoms with van der Waals surface area (Å²) in [6, 6.07) is 0. The second-order valence-electron chi connectivity index (χ2n) is 3.66. The summed E-state index contributed by atoms with van der Waals surface area (Å²) in [5.41, 5.74) is 0.451. The third-order valence-corrected chi connectivity index (χ3v) is 2.56. The van der Waals surface area contributed by atoms with Crippen LogP contribution in [-0.4, -0.2) is 42.4 Å². The molecule has 0 saturated carbocycles. The lowest BCUT2D eigenvalue weighted by Gasteiger charge is -2.07. The van der Waals surface area contributed by atoms with Gasteiger partial charge in [-0.1, -0.05) is 18.5 Å². The molecule has 0 unspecified atom stereocenters. The summed E-state index contributed by atoms with van der Waals surface area (Å²) in [6.07, 6.45) is 2.48. The molecular formula is C11H18ClN3O2. The van der Waals surface area contributed by atoms with E-state index in [1.807, 2.05) is 6.92 Å². The lowest BCUT2D eigenvalue weighted by molar-refractivity contribution is 0.0977. The molecule has 0 spiro atoms. The zero-order chi connectivity index (χ0) is 12.7. The van der Waals surface area contributed by atoms with E-state index >= 15 is 0 Å². The average Bonchev–Trinajstić information content (AvgIpc) is 2.68. The molecule has 0 bridgehead atoms. The predicted molar refractivity (Wildman–Crippen MR) is 66.6 cm³/mol. The van der Waals surface area contributed by atoms with Crippen LogP contribution in [0.1, 0.15) is 23.8 Å². The molecule has 0 fully saturated rings. The average molecular weight is 260 g/mol. The third-order valence-electron chi connectivity index (χ3n) is 2.28. The molecule has 0 atom stereocenters. The van der Waals surface area contributed by atoms with Crippen LogP contribution in [0.4, 0.5) is 0 Å². The second-order valence-corrected chi connectivity index (χ2v) is 4.06. The Morgan fingerprint density at radius 1 is 1.65 bits per heavy atom. The van der Waals surface area contributed by atoms with Gasteiger partial charge in [0, 0.05) is 7.11 Å². The highest BCUT2D eigenvalue weighted by atomic mass is 35.5. The molecule has 1 aromatic heterocycles. The summed E-state index contributed by atoms with van der Waals surface area (Å²) in [6.45, 7) is 4.17. The summed E-state index contributed by atoms with van der Waals surface area (Å²) in [4.78, 5) is 11.9. The molecule has 17 heavy (non-hydrogen) atoms. The first kappa shape index (κ1) is 14.2. The van der Waals surface area contributed by atoms with Crippen molar-refractivity contribution in [2.45, 2.75) is 19.9 Å². The number of hydrogen-bond donors (Lipinski definition) is 1. The molecule has 0 aromatic carbocycles. The molecule has 6 heteroatoms. The molecule has 5 nitrogen and oxygen atoms in total. The fourth-order valence-electron chi connectivity index (χ4n) is 1.45. The van der Waals surface area contributed by atoms with Crippen molar-refractivity contribution in [3.05, 3.63) is 16.9 Å². The van der Waals surface area contributed by atoms with E-state index in [4.69, 9.17) is 16.3 Å². The molecule has 0 aliphatic heterocycles. The third kappa shape index (κ3) is 4.11. The highest BCUT2D eigenvalue weighted by Crippen LogP contribution is 2.15. The minimum Gasteiger partial charge on any atom is -0.383 e. The van der Waals surface area contributed by atoms with Gasteiger partial charge in [-0.05, 0) is 13.0 Å². The van der Waals surface area contributed by atoms with Crippen molar-refractivity contribution in [3.8, 4) is 0 Å². The van der Waals surface area contributed by atoms with Crippen LogP contribution < -0.4 is 5.32 Å². The van der Waals surface area contributed by atoms with Crippen molar-refractivity contribution < 1.29 is 9.53 Å². The second kappa shape index (κ2) is 7.42. The fraction of sp³-hybridized carbons (Fsp3) is 0.636. The van der Waals surface area contributed by atoms with E-state index < -0.39 is 0 Å². The number of nitrogens with one attached hydrogen (secondary N) is 1. The number of halogens is 1. The first-order valence-corrected chi connectivity index (χ1v) is 6.02. The van der Waals surface area contributed by atoms with Crippen molar-refractivity contribution in [3.63, 3.8) is 0 Å². The van der Waals surface area contributed by atoms with Gasteiger partial charge in [-0.2, -0.15) is 5.10 Å². The standard InChI is InChI=1S/C11H18ClN3O2/c1-3-4-13-8-10(16)11-9(12)7-14-15(11)5-6-17-2/h7,13H,3-6,8H2,1-2H3. The number of aromatic nitrogens is 2. The van der Waals surface area contributed by atoms with E-state index in [1.165, 1.54) is 6.20 Å². The van der Waals surface area contributed by atoms with Gasteiger partial charge in [-0.3, -0.25) is 9.48 Å². The van der Waals surface area contributed by atoms with E-state index in [-0.39, 0.29) is 12.3 Å². The SMILES string of the molecule is CCCNCC(=O)c1c(Cl)cnn1CCOC. The van der Waals surface area contributed by atoms with E-state index in [2.05, 4.69) is 10.4 Å². The molecule has 1 heterocycles. The Bertz CT molecular complexity index is 366.